The molecular weight excluding hydrogens is 345 g/mol. The van der Waals surface area contributed by atoms with Crippen molar-refractivity contribution >= 4 is 28.6 Å². The molecular formula is C21H20FN3O2. The molecule has 2 aromatic rings. The number of H-pyrrole nitrogens is 1. The number of halogens is 1. The third-order valence-corrected chi connectivity index (χ3v) is 5.85. The fourth-order valence-corrected chi connectivity index (χ4v) is 4.62. The first-order valence-electron chi connectivity index (χ1n) is 9.40. The molecule has 3 aliphatic rings. The number of aromatic amines is 1. The van der Waals surface area contributed by atoms with Gasteiger partial charge in [0.25, 0.3) is 11.8 Å². The van der Waals surface area contributed by atoms with Gasteiger partial charge < -0.3 is 15.2 Å². The zero-order valence-electron chi connectivity index (χ0n) is 15.1. The number of likely N-dealkylation sites (tertiary alicyclic amines) is 1. The Bertz CT molecular complexity index is 1030. The quantitative estimate of drug-likeness (QED) is 0.760. The minimum absolute atomic E-state index is 0.0797. The van der Waals surface area contributed by atoms with E-state index in [1.807, 2.05) is 11.8 Å². The lowest BCUT2D eigenvalue weighted by Gasteiger charge is -2.15. The predicted molar refractivity (Wildman–Crippen MR) is 101 cm³/mol. The van der Waals surface area contributed by atoms with Crippen molar-refractivity contribution in [2.24, 2.45) is 0 Å². The van der Waals surface area contributed by atoms with Crippen LogP contribution < -0.4 is 5.32 Å². The first kappa shape index (κ1) is 16.3. The van der Waals surface area contributed by atoms with Crippen LogP contribution in [0.2, 0.25) is 0 Å². The van der Waals surface area contributed by atoms with E-state index in [1.165, 1.54) is 12.1 Å². The van der Waals surface area contributed by atoms with Crippen LogP contribution in [0.1, 0.15) is 52.1 Å². The van der Waals surface area contributed by atoms with Gasteiger partial charge in [-0.25, -0.2) is 4.39 Å². The van der Waals surface area contributed by atoms with E-state index in [0.717, 1.165) is 54.0 Å². The van der Waals surface area contributed by atoms with E-state index in [4.69, 9.17) is 0 Å². The summed E-state index contributed by atoms with van der Waals surface area (Å²) in [7, 11) is 0. The van der Waals surface area contributed by atoms with Gasteiger partial charge in [-0.05, 0) is 61.9 Å². The molecule has 138 valence electrons. The number of benzene rings is 1. The van der Waals surface area contributed by atoms with Crippen LogP contribution >= 0.6 is 0 Å². The van der Waals surface area contributed by atoms with E-state index in [0.29, 0.717) is 29.7 Å². The van der Waals surface area contributed by atoms with Gasteiger partial charge in [-0.1, -0.05) is 0 Å². The summed E-state index contributed by atoms with van der Waals surface area (Å²) in [5.74, 6) is -0.497. The Kier molecular flexibility index (Phi) is 3.50. The summed E-state index contributed by atoms with van der Waals surface area (Å²) in [6.45, 7) is 3.52. The molecule has 2 aliphatic heterocycles. The molecule has 27 heavy (non-hydrogen) atoms. The minimum Gasteiger partial charge on any atom is -0.358 e. The molecule has 0 spiro atoms. The SMILES string of the molecule is Cc1[nH]c2c(c1C(=O)N1CCCC1)CC/C2=C1/C(=O)Nc2ccc(F)cc21. The van der Waals surface area contributed by atoms with E-state index >= 15 is 0 Å². The van der Waals surface area contributed by atoms with Crippen LogP contribution in [0.3, 0.4) is 0 Å². The molecule has 0 bridgehead atoms. The van der Waals surface area contributed by atoms with Crippen LogP contribution in [0, 0.1) is 12.7 Å². The van der Waals surface area contributed by atoms with Crippen molar-refractivity contribution < 1.29 is 14.0 Å². The molecule has 2 N–H and O–H groups in total. The molecule has 1 aromatic carbocycles. The summed E-state index contributed by atoms with van der Waals surface area (Å²) in [5.41, 5.74) is 6.06. The Morgan fingerprint density at radius 2 is 1.96 bits per heavy atom. The third-order valence-electron chi connectivity index (χ3n) is 5.85. The Labute approximate surface area is 156 Å². The molecule has 1 fully saturated rings. The van der Waals surface area contributed by atoms with E-state index in [-0.39, 0.29) is 17.6 Å². The minimum atomic E-state index is -0.367. The second kappa shape index (κ2) is 5.81. The van der Waals surface area contributed by atoms with Crippen molar-refractivity contribution in [2.75, 3.05) is 18.4 Å². The lowest BCUT2D eigenvalue weighted by atomic mass is 9.99. The van der Waals surface area contributed by atoms with Crippen molar-refractivity contribution in [3.05, 3.63) is 52.1 Å². The van der Waals surface area contributed by atoms with Crippen LogP contribution in [-0.2, 0) is 11.2 Å². The van der Waals surface area contributed by atoms with Gasteiger partial charge >= 0.3 is 0 Å². The van der Waals surface area contributed by atoms with Gasteiger partial charge in [0.1, 0.15) is 5.82 Å². The molecule has 2 amide bonds. The summed E-state index contributed by atoms with van der Waals surface area (Å²) < 4.78 is 13.8. The van der Waals surface area contributed by atoms with E-state index < -0.39 is 0 Å². The number of amides is 2. The number of nitrogens with one attached hydrogen (secondary N) is 2. The highest BCUT2D eigenvalue weighted by molar-refractivity contribution is 6.37. The number of aryl methyl sites for hydroxylation is 1. The zero-order valence-corrected chi connectivity index (χ0v) is 15.1. The van der Waals surface area contributed by atoms with Crippen molar-refractivity contribution in [1.29, 1.82) is 0 Å². The van der Waals surface area contributed by atoms with Crippen LogP contribution in [0.5, 0.6) is 0 Å². The topological polar surface area (TPSA) is 65.2 Å². The number of aromatic nitrogens is 1. The number of hydrogen-bond acceptors (Lipinski definition) is 2. The molecule has 1 aliphatic carbocycles. The molecule has 3 heterocycles. The molecule has 1 saturated heterocycles. The van der Waals surface area contributed by atoms with E-state index in [9.17, 15) is 14.0 Å². The molecule has 5 nitrogen and oxygen atoms in total. The van der Waals surface area contributed by atoms with Gasteiger partial charge in [0.2, 0.25) is 0 Å². The van der Waals surface area contributed by atoms with Crippen LogP contribution in [0.25, 0.3) is 11.1 Å². The highest BCUT2D eigenvalue weighted by atomic mass is 19.1. The monoisotopic (exact) mass is 365 g/mol. The number of rotatable bonds is 1. The molecule has 0 radical (unpaired) electrons. The first-order valence-corrected chi connectivity index (χ1v) is 9.40. The molecule has 6 heteroatoms. The summed E-state index contributed by atoms with van der Waals surface area (Å²) in [6, 6.07) is 4.34. The average molecular weight is 365 g/mol. The van der Waals surface area contributed by atoms with E-state index in [1.54, 1.807) is 6.07 Å². The highest BCUT2D eigenvalue weighted by Crippen LogP contribution is 2.44. The van der Waals surface area contributed by atoms with Crippen molar-refractivity contribution in [3.63, 3.8) is 0 Å². The van der Waals surface area contributed by atoms with Crippen molar-refractivity contribution in [2.45, 2.75) is 32.6 Å². The summed E-state index contributed by atoms with van der Waals surface area (Å²) in [6.07, 6.45) is 3.48. The second-order valence-corrected chi connectivity index (χ2v) is 7.48. The number of allylic oxidation sites excluding steroid dienone is 1. The second-order valence-electron chi connectivity index (χ2n) is 7.48. The summed E-state index contributed by atoms with van der Waals surface area (Å²) >= 11 is 0. The first-order chi connectivity index (χ1) is 13.0. The lowest BCUT2D eigenvalue weighted by Crippen LogP contribution is -2.28. The number of anilines is 1. The Balaban J connectivity index is 1.64. The maximum Gasteiger partial charge on any atom is 0.256 e. The molecule has 0 atom stereocenters. The largest absolute Gasteiger partial charge is 0.358 e. The number of nitrogens with zero attached hydrogens (tertiary/aromatic N) is 1. The van der Waals surface area contributed by atoms with Gasteiger partial charge in [-0.2, -0.15) is 0 Å². The maximum absolute atomic E-state index is 13.8. The Morgan fingerprint density at radius 3 is 2.74 bits per heavy atom. The third kappa shape index (κ3) is 2.36. The van der Waals surface area contributed by atoms with Crippen molar-refractivity contribution in [1.82, 2.24) is 9.88 Å². The normalized spacial score (nSPS) is 20.8. The number of hydrogen-bond donors (Lipinski definition) is 2. The fraction of sp³-hybridized carbons (Fsp3) is 0.333. The highest BCUT2D eigenvalue weighted by Gasteiger charge is 2.35. The average Bonchev–Trinajstić information content (AvgIpc) is 3.38. The van der Waals surface area contributed by atoms with Crippen LogP contribution in [0.4, 0.5) is 10.1 Å². The standard InChI is InChI=1S/C21H20FN3O2/c1-11-17(21(27)25-8-2-3-9-25)13-5-6-14(19(13)23-11)18-15-10-12(22)4-7-16(15)24-20(18)26/h4,7,10,23H,2-3,5-6,8-9H2,1H3,(H,24,26)/b18-14-. The molecule has 1 aromatic heterocycles. The maximum atomic E-state index is 13.8. The Morgan fingerprint density at radius 1 is 1.19 bits per heavy atom. The number of fused-ring (bicyclic) bond motifs is 2. The molecule has 5 rings (SSSR count). The number of carbonyl (C=O) groups excluding carboxylic acids is 2. The molecule has 0 unspecified atom stereocenters. The van der Waals surface area contributed by atoms with Gasteiger partial charge in [-0.3, -0.25) is 9.59 Å². The number of carbonyl (C=O) groups is 2. The van der Waals surface area contributed by atoms with Gasteiger partial charge in [-0.15, -0.1) is 0 Å². The van der Waals surface area contributed by atoms with E-state index in [2.05, 4.69) is 10.3 Å². The predicted octanol–water partition coefficient (Wildman–Crippen LogP) is 3.51. The lowest BCUT2D eigenvalue weighted by molar-refractivity contribution is -0.110. The van der Waals surface area contributed by atoms with Crippen LogP contribution in [0.15, 0.2) is 18.2 Å². The van der Waals surface area contributed by atoms with Crippen molar-refractivity contribution in [3.8, 4) is 0 Å². The van der Waals surface area contributed by atoms with Crippen LogP contribution in [-0.4, -0.2) is 34.8 Å². The smallest absolute Gasteiger partial charge is 0.256 e. The Hall–Kier alpha value is -2.89. The van der Waals surface area contributed by atoms with Gasteiger partial charge in [0.05, 0.1) is 11.1 Å². The fourth-order valence-electron chi connectivity index (χ4n) is 4.62. The summed E-state index contributed by atoms with van der Waals surface area (Å²) in [5, 5.41) is 2.82. The summed E-state index contributed by atoms with van der Waals surface area (Å²) in [4.78, 5) is 30.8. The zero-order chi connectivity index (χ0) is 18.7. The van der Waals surface area contributed by atoms with Gasteiger partial charge in [0.15, 0.2) is 0 Å². The van der Waals surface area contributed by atoms with Gasteiger partial charge in [0, 0.05) is 35.7 Å². The molecule has 0 saturated carbocycles.